The molecule has 2 aromatic rings. The number of sulfone groups is 1. The van der Waals surface area contributed by atoms with Crippen LogP contribution in [0.2, 0.25) is 0 Å². The summed E-state index contributed by atoms with van der Waals surface area (Å²) in [5.74, 6) is -3.83. The van der Waals surface area contributed by atoms with E-state index in [4.69, 9.17) is 0 Å². The van der Waals surface area contributed by atoms with E-state index in [1.807, 2.05) is 0 Å². The summed E-state index contributed by atoms with van der Waals surface area (Å²) >= 11 is 0. The zero-order valence-electron chi connectivity index (χ0n) is 21.8. The molecule has 1 aliphatic rings. The van der Waals surface area contributed by atoms with Gasteiger partial charge in [-0.3, -0.25) is 19.6 Å². The monoisotopic (exact) mass is 588 g/mol. The molecular weight excluding hydrogens is 556 g/mol. The van der Waals surface area contributed by atoms with Crippen molar-refractivity contribution in [1.29, 1.82) is 0 Å². The van der Waals surface area contributed by atoms with Crippen LogP contribution in [-0.4, -0.2) is 65.4 Å². The van der Waals surface area contributed by atoms with Crippen molar-refractivity contribution in [2.24, 2.45) is 0 Å². The van der Waals surface area contributed by atoms with Crippen molar-refractivity contribution in [3.8, 4) is 0 Å². The Bertz CT molecular complexity index is 1240. The first-order chi connectivity index (χ1) is 18.8. The van der Waals surface area contributed by atoms with Crippen molar-refractivity contribution >= 4 is 21.7 Å². The number of nitrogens with one attached hydrogen (secondary N) is 2. The smallest absolute Gasteiger partial charge is 0.381 e. The molecule has 220 valence electrons. The highest BCUT2D eigenvalue weighted by atomic mass is 32.2. The molecule has 3 N–H and O–H groups in total. The van der Waals surface area contributed by atoms with Gasteiger partial charge in [-0.1, -0.05) is 31.5 Å². The molecule has 3 atom stereocenters. The molecule has 2 amide bonds. The fraction of sp³-hybridized carbons (Fsp3) is 0.500. The van der Waals surface area contributed by atoms with Crippen LogP contribution in [0.25, 0.3) is 0 Å². The number of rotatable bonds is 14. The van der Waals surface area contributed by atoms with Gasteiger partial charge in [0.25, 0.3) is 5.91 Å². The number of nitrogens with zero attached hydrogens (tertiary/aromatic N) is 2. The summed E-state index contributed by atoms with van der Waals surface area (Å²) in [6, 6.07) is 2.37. The predicted octanol–water partition coefficient (Wildman–Crippen LogP) is 2.97. The van der Waals surface area contributed by atoms with Crippen molar-refractivity contribution in [3.05, 3.63) is 65.7 Å². The molecule has 40 heavy (non-hydrogen) atoms. The van der Waals surface area contributed by atoms with E-state index >= 15 is 0 Å². The number of hydrazine groups is 1. The second-order valence-corrected chi connectivity index (χ2v) is 11.9. The van der Waals surface area contributed by atoms with E-state index in [0.29, 0.717) is 23.4 Å². The quantitative estimate of drug-likeness (QED) is 0.229. The lowest BCUT2D eigenvalue weighted by Gasteiger charge is -2.38. The average molecular weight is 589 g/mol. The first kappa shape index (κ1) is 31.4. The highest BCUT2D eigenvalue weighted by Crippen LogP contribution is 2.34. The maximum Gasteiger partial charge on any atom is 0.409 e. The van der Waals surface area contributed by atoms with Crippen molar-refractivity contribution in [3.63, 3.8) is 0 Å². The Morgan fingerprint density at radius 1 is 1.18 bits per heavy atom. The Labute approximate surface area is 229 Å². The highest BCUT2D eigenvalue weighted by Gasteiger charge is 2.45. The molecule has 0 saturated heterocycles. The zero-order valence-corrected chi connectivity index (χ0v) is 22.6. The van der Waals surface area contributed by atoms with E-state index in [9.17, 15) is 40.7 Å². The van der Waals surface area contributed by atoms with Gasteiger partial charge in [-0.15, -0.1) is 0 Å². The summed E-state index contributed by atoms with van der Waals surface area (Å²) in [6.45, 7) is 1.65. The number of hydrogen-bond donors (Lipinski definition) is 3. The molecular formula is C26H32F4N4O5S. The molecule has 1 fully saturated rings. The minimum atomic E-state index is -4.99. The number of aromatic nitrogens is 1. The summed E-state index contributed by atoms with van der Waals surface area (Å²) in [7, 11) is -3.88. The molecule has 1 heterocycles. The first-order valence-electron chi connectivity index (χ1n) is 12.8. The molecule has 14 heteroatoms. The number of benzene rings is 1. The van der Waals surface area contributed by atoms with Crippen molar-refractivity contribution in [2.75, 3.05) is 5.75 Å². The maximum atomic E-state index is 14.2. The van der Waals surface area contributed by atoms with Gasteiger partial charge in [-0.05, 0) is 48.6 Å². The number of halogens is 4. The van der Waals surface area contributed by atoms with E-state index in [1.54, 1.807) is 6.92 Å². The number of aliphatic hydroxyl groups is 1. The number of pyridine rings is 1. The van der Waals surface area contributed by atoms with E-state index in [-0.39, 0.29) is 18.9 Å². The molecule has 3 rings (SSSR count). The molecule has 1 aromatic heterocycles. The summed E-state index contributed by atoms with van der Waals surface area (Å²) < 4.78 is 81.4. The van der Waals surface area contributed by atoms with E-state index in [1.165, 1.54) is 24.5 Å². The van der Waals surface area contributed by atoms with Gasteiger partial charge in [0.15, 0.2) is 15.9 Å². The molecule has 1 aliphatic carbocycles. The molecule has 0 radical (unpaired) electrons. The summed E-state index contributed by atoms with van der Waals surface area (Å²) in [5.41, 5.74) is 2.04. The summed E-state index contributed by atoms with van der Waals surface area (Å²) in [4.78, 5) is 29.9. The fourth-order valence-electron chi connectivity index (χ4n) is 4.07. The molecule has 0 aliphatic heterocycles. The summed E-state index contributed by atoms with van der Waals surface area (Å²) in [6.07, 6.45) is -3.23. The van der Waals surface area contributed by atoms with Crippen LogP contribution in [0.1, 0.15) is 56.2 Å². The average Bonchev–Trinajstić information content (AvgIpc) is 3.71. The van der Waals surface area contributed by atoms with Crippen LogP contribution in [-0.2, 0) is 25.2 Å². The third kappa shape index (κ3) is 9.24. The van der Waals surface area contributed by atoms with Crippen LogP contribution in [0.5, 0.6) is 0 Å². The number of carbonyl (C=O) groups excluding carboxylic acids is 2. The Hall–Kier alpha value is -3.10. The zero-order chi connectivity index (χ0) is 29.5. The molecule has 0 spiro atoms. The number of aliphatic hydroxyl groups excluding tert-OH is 1. The van der Waals surface area contributed by atoms with Crippen LogP contribution < -0.4 is 10.7 Å². The van der Waals surface area contributed by atoms with Crippen LogP contribution in [0.15, 0.2) is 48.8 Å². The molecule has 1 saturated carbocycles. The van der Waals surface area contributed by atoms with Crippen LogP contribution >= 0.6 is 0 Å². The molecule has 0 bridgehead atoms. The largest absolute Gasteiger partial charge is 0.409 e. The Kier molecular flexibility index (Phi) is 10.6. The first-order valence-corrected chi connectivity index (χ1v) is 14.6. The van der Waals surface area contributed by atoms with Gasteiger partial charge in [-0.2, -0.15) is 13.2 Å². The molecule has 9 nitrogen and oxygen atoms in total. The van der Waals surface area contributed by atoms with Crippen molar-refractivity contribution in [1.82, 2.24) is 20.7 Å². The third-order valence-corrected chi connectivity index (χ3v) is 7.88. The highest BCUT2D eigenvalue weighted by molar-refractivity contribution is 7.90. The van der Waals surface area contributed by atoms with Gasteiger partial charge in [0.2, 0.25) is 5.91 Å². The normalized spacial score (nSPS) is 16.1. The fourth-order valence-corrected chi connectivity index (χ4v) is 5.38. The number of alkyl halides is 3. The Morgan fingerprint density at radius 3 is 2.40 bits per heavy atom. The minimum Gasteiger partial charge on any atom is -0.381 e. The van der Waals surface area contributed by atoms with Crippen molar-refractivity contribution in [2.45, 2.75) is 75.2 Å². The van der Waals surface area contributed by atoms with Crippen LogP contribution in [0.4, 0.5) is 17.6 Å². The SMILES string of the molecule is CCC[C@@H]([C@@H](O)C(=O)NC1CC1)N(N[C@@H](c1ccc(F)cc1)C(F)(F)F)C(=O)CCS(=O)(=O)Cc1cccnc1. The predicted molar refractivity (Wildman–Crippen MR) is 137 cm³/mol. The van der Waals surface area contributed by atoms with E-state index in [2.05, 4.69) is 15.7 Å². The lowest BCUT2D eigenvalue weighted by molar-refractivity contribution is -0.180. The molecule has 0 unspecified atom stereocenters. The van der Waals surface area contributed by atoms with Gasteiger partial charge in [-0.25, -0.2) is 18.2 Å². The third-order valence-electron chi connectivity index (χ3n) is 6.28. The lowest BCUT2D eigenvalue weighted by atomic mass is 10.0. The summed E-state index contributed by atoms with van der Waals surface area (Å²) in [5, 5.41) is 13.9. The van der Waals surface area contributed by atoms with Crippen molar-refractivity contribution < 1.29 is 40.7 Å². The standard InChI is InChI=1S/C26H32F4N4O5S/c1-2-4-21(23(36)25(37)32-20-10-11-20)34(33-24(26(28,29)30)18-6-8-19(27)9-7-18)22(35)12-14-40(38,39)16-17-5-3-13-31-15-17/h3,5-9,13,15,20-21,23-24,33,36H,2,4,10-12,14,16H2,1H3,(H,32,37)/t21-,23+,24-/m0/s1. The van der Waals surface area contributed by atoms with Gasteiger partial charge >= 0.3 is 6.18 Å². The Morgan fingerprint density at radius 2 is 1.85 bits per heavy atom. The van der Waals surface area contributed by atoms with E-state index < -0.39 is 75.3 Å². The van der Waals surface area contributed by atoms with Gasteiger partial charge < -0.3 is 10.4 Å². The van der Waals surface area contributed by atoms with Gasteiger partial charge in [0, 0.05) is 24.9 Å². The second-order valence-electron chi connectivity index (χ2n) is 9.71. The van der Waals surface area contributed by atoms with Crippen LogP contribution in [0.3, 0.4) is 0 Å². The van der Waals surface area contributed by atoms with Crippen LogP contribution in [0, 0.1) is 5.82 Å². The number of hydrogen-bond acceptors (Lipinski definition) is 7. The number of carbonyl (C=O) groups is 2. The van der Waals surface area contributed by atoms with Gasteiger partial charge in [0.1, 0.15) is 11.9 Å². The second kappa shape index (κ2) is 13.5. The number of amides is 2. The van der Waals surface area contributed by atoms with E-state index in [0.717, 1.165) is 24.3 Å². The lowest BCUT2D eigenvalue weighted by Crippen LogP contribution is -2.60. The minimum absolute atomic E-state index is 0.0750. The molecule has 1 aromatic carbocycles. The Balaban J connectivity index is 1.90. The van der Waals surface area contributed by atoms with Gasteiger partial charge in [0.05, 0.1) is 17.5 Å². The maximum absolute atomic E-state index is 14.2. The topological polar surface area (TPSA) is 129 Å².